The van der Waals surface area contributed by atoms with Crippen molar-refractivity contribution in [2.75, 3.05) is 0 Å². The van der Waals surface area contributed by atoms with Crippen LogP contribution in [0.15, 0.2) is 43.5 Å². The summed E-state index contributed by atoms with van der Waals surface area (Å²) in [7, 11) is 0. The zero-order chi connectivity index (χ0) is 11.2. The average Bonchev–Trinajstić information content (AvgIpc) is 2.78. The summed E-state index contributed by atoms with van der Waals surface area (Å²) in [6.07, 6.45) is 9.06. The Kier molecular flexibility index (Phi) is 3.46. The highest BCUT2D eigenvalue weighted by molar-refractivity contribution is 5.17. The number of aromatic nitrogens is 3. The van der Waals surface area contributed by atoms with Crippen LogP contribution in [0.1, 0.15) is 11.1 Å². The van der Waals surface area contributed by atoms with Crippen molar-refractivity contribution in [3.63, 3.8) is 0 Å². The van der Waals surface area contributed by atoms with Crippen molar-refractivity contribution in [1.29, 1.82) is 0 Å². The summed E-state index contributed by atoms with van der Waals surface area (Å²) in [5.41, 5.74) is 2.38. The molecule has 0 amide bonds. The third-order valence-electron chi connectivity index (χ3n) is 2.25. The van der Waals surface area contributed by atoms with Crippen molar-refractivity contribution in [3.8, 4) is 0 Å². The highest BCUT2D eigenvalue weighted by atomic mass is 15.2. The van der Waals surface area contributed by atoms with Gasteiger partial charge >= 0.3 is 0 Å². The average molecular weight is 214 g/mol. The van der Waals surface area contributed by atoms with Gasteiger partial charge in [-0.05, 0) is 17.7 Å². The first-order valence-electron chi connectivity index (χ1n) is 5.13. The van der Waals surface area contributed by atoms with Gasteiger partial charge in [-0.25, -0.2) is 4.68 Å². The van der Waals surface area contributed by atoms with Crippen molar-refractivity contribution in [2.45, 2.75) is 13.1 Å². The fraction of sp³-hybridized carbons (Fsp3) is 0.167. The fourth-order valence-corrected chi connectivity index (χ4v) is 1.42. The zero-order valence-electron chi connectivity index (χ0n) is 9.00. The van der Waals surface area contributed by atoms with Gasteiger partial charge in [0.2, 0.25) is 0 Å². The van der Waals surface area contributed by atoms with Gasteiger partial charge in [-0.15, -0.1) is 0 Å². The van der Waals surface area contributed by atoms with Crippen LogP contribution in [-0.4, -0.2) is 14.8 Å². The maximum atomic E-state index is 4.11. The van der Waals surface area contributed by atoms with Gasteiger partial charge in [-0.2, -0.15) is 5.10 Å². The molecule has 4 heteroatoms. The quantitative estimate of drug-likeness (QED) is 0.823. The first kappa shape index (κ1) is 10.6. The van der Waals surface area contributed by atoms with Crippen molar-refractivity contribution in [2.24, 2.45) is 0 Å². The van der Waals surface area contributed by atoms with E-state index in [0.29, 0.717) is 0 Å². The summed E-state index contributed by atoms with van der Waals surface area (Å²) >= 11 is 0. The molecule has 0 spiro atoms. The second-order valence-corrected chi connectivity index (χ2v) is 3.47. The summed E-state index contributed by atoms with van der Waals surface area (Å²) in [4.78, 5) is 3.97. The Hall–Kier alpha value is -1.94. The molecule has 0 aromatic carbocycles. The van der Waals surface area contributed by atoms with Gasteiger partial charge in [0.05, 0.1) is 6.20 Å². The molecule has 0 atom stereocenters. The second kappa shape index (κ2) is 5.23. The molecule has 2 aromatic heterocycles. The molecule has 2 heterocycles. The minimum absolute atomic E-state index is 0.802. The van der Waals surface area contributed by atoms with E-state index in [-0.39, 0.29) is 0 Å². The molecule has 0 aliphatic heterocycles. The number of rotatable bonds is 5. The van der Waals surface area contributed by atoms with E-state index in [2.05, 4.69) is 22.0 Å². The highest BCUT2D eigenvalue weighted by Crippen LogP contribution is 1.99. The number of hydrogen-bond donors (Lipinski definition) is 1. The molecule has 2 aromatic rings. The maximum absolute atomic E-state index is 4.11. The zero-order valence-corrected chi connectivity index (χ0v) is 9.00. The van der Waals surface area contributed by atoms with E-state index in [1.54, 1.807) is 23.3 Å². The Morgan fingerprint density at radius 2 is 2.00 bits per heavy atom. The molecule has 0 aliphatic carbocycles. The number of nitrogens with one attached hydrogen (secondary N) is 1. The van der Waals surface area contributed by atoms with Gasteiger partial charge < -0.3 is 5.32 Å². The monoisotopic (exact) mass is 214 g/mol. The summed E-state index contributed by atoms with van der Waals surface area (Å²) < 4.78 is 1.70. The third-order valence-corrected chi connectivity index (χ3v) is 2.25. The predicted molar refractivity (Wildman–Crippen MR) is 63.4 cm³/mol. The molecule has 0 unspecified atom stereocenters. The molecule has 0 saturated carbocycles. The molecular formula is C12H14N4. The third kappa shape index (κ3) is 2.77. The Labute approximate surface area is 94.6 Å². The first-order chi connectivity index (χ1) is 7.88. The van der Waals surface area contributed by atoms with E-state index in [1.807, 2.05) is 24.5 Å². The van der Waals surface area contributed by atoms with Gasteiger partial charge in [0.25, 0.3) is 0 Å². The summed E-state index contributed by atoms with van der Waals surface area (Å²) in [6.45, 7) is 5.28. The van der Waals surface area contributed by atoms with Crippen LogP contribution < -0.4 is 5.32 Å². The standard InChI is InChI=1S/C12H14N4/c1-2-16-10-12(9-15-16)8-14-7-11-3-5-13-6-4-11/h2-6,9-10,14H,1,7-8H2. The molecule has 0 aliphatic rings. The van der Waals surface area contributed by atoms with E-state index in [4.69, 9.17) is 0 Å². The molecule has 82 valence electrons. The van der Waals surface area contributed by atoms with Crippen LogP contribution in [0.25, 0.3) is 6.20 Å². The van der Waals surface area contributed by atoms with Crippen molar-refractivity contribution < 1.29 is 0 Å². The van der Waals surface area contributed by atoms with Gasteiger partial charge in [0.15, 0.2) is 0 Å². The molecular weight excluding hydrogens is 200 g/mol. The SMILES string of the molecule is C=Cn1cc(CNCc2ccncc2)cn1. The van der Waals surface area contributed by atoms with E-state index in [0.717, 1.165) is 18.7 Å². The van der Waals surface area contributed by atoms with Crippen molar-refractivity contribution in [1.82, 2.24) is 20.1 Å². The van der Waals surface area contributed by atoms with Gasteiger partial charge in [0.1, 0.15) is 0 Å². The van der Waals surface area contributed by atoms with Crippen LogP contribution in [0.3, 0.4) is 0 Å². The summed E-state index contributed by atoms with van der Waals surface area (Å²) in [6, 6.07) is 4.00. The molecule has 0 radical (unpaired) electrons. The lowest BCUT2D eigenvalue weighted by Crippen LogP contribution is -2.12. The smallest absolute Gasteiger partial charge is 0.0538 e. The Bertz CT molecular complexity index is 447. The Morgan fingerprint density at radius 3 is 2.69 bits per heavy atom. The van der Waals surface area contributed by atoms with E-state index in [9.17, 15) is 0 Å². The van der Waals surface area contributed by atoms with E-state index < -0.39 is 0 Å². The van der Waals surface area contributed by atoms with Gasteiger partial charge in [-0.3, -0.25) is 4.98 Å². The molecule has 1 N–H and O–H groups in total. The molecule has 0 saturated heterocycles. The van der Waals surface area contributed by atoms with Crippen molar-refractivity contribution in [3.05, 3.63) is 54.6 Å². The molecule has 0 fully saturated rings. The maximum Gasteiger partial charge on any atom is 0.0538 e. The van der Waals surface area contributed by atoms with Crippen LogP contribution in [0.4, 0.5) is 0 Å². The summed E-state index contributed by atoms with van der Waals surface area (Å²) in [5.74, 6) is 0. The van der Waals surface area contributed by atoms with Crippen LogP contribution in [0.2, 0.25) is 0 Å². The number of hydrogen-bond acceptors (Lipinski definition) is 3. The topological polar surface area (TPSA) is 42.7 Å². The lowest BCUT2D eigenvalue weighted by molar-refractivity contribution is 0.692. The van der Waals surface area contributed by atoms with E-state index >= 15 is 0 Å². The molecule has 16 heavy (non-hydrogen) atoms. The normalized spacial score (nSPS) is 10.2. The molecule has 0 bridgehead atoms. The van der Waals surface area contributed by atoms with Crippen LogP contribution in [0.5, 0.6) is 0 Å². The minimum atomic E-state index is 0.802. The van der Waals surface area contributed by atoms with Gasteiger partial charge in [0, 0.05) is 43.4 Å². The Balaban J connectivity index is 1.82. The second-order valence-electron chi connectivity index (χ2n) is 3.47. The molecule has 4 nitrogen and oxygen atoms in total. The Morgan fingerprint density at radius 1 is 1.25 bits per heavy atom. The molecule has 2 rings (SSSR count). The minimum Gasteiger partial charge on any atom is -0.309 e. The van der Waals surface area contributed by atoms with Crippen LogP contribution in [0, 0.1) is 0 Å². The van der Waals surface area contributed by atoms with Gasteiger partial charge in [-0.1, -0.05) is 6.58 Å². The fourth-order valence-electron chi connectivity index (χ4n) is 1.42. The largest absolute Gasteiger partial charge is 0.309 e. The lowest BCUT2D eigenvalue weighted by Gasteiger charge is -2.02. The van der Waals surface area contributed by atoms with Crippen LogP contribution >= 0.6 is 0 Å². The highest BCUT2D eigenvalue weighted by Gasteiger charge is 1.96. The number of nitrogens with zero attached hydrogens (tertiary/aromatic N) is 3. The lowest BCUT2D eigenvalue weighted by atomic mass is 10.2. The predicted octanol–water partition coefficient (Wildman–Crippen LogP) is 1.67. The van der Waals surface area contributed by atoms with Crippen LogP contribution in [-0.2, 0) is 13.1 Å². The first-order valence-corrected chi connectivity index (χ1v) is 5.13. The number of pyridine rings is 1. The van der Waals surface area contributed by atoms with E-state index in [1.165, 1.54) is 5.56 Å². The van der Waals surface area contributed by atoms with Crippen molar-refractivity contribution >= 4 is 6.20 Å². The summed E-state index contributed by atoms with van der Waals surface area (Å²) in [5, 5.41) is 7.45.